The van der Waals surface area contributed by atoms with Gasteiger partial charge in [-0.2, -0.15) is 0 Å². The second-order valence-electron chi connectivity index (χ2n) is 8.59. The fourth-order valence-corrected chi connectivity index (χ4v) is 3.24. The Labute approximate surface area is 185 Å². The average Bonchev–Trinajstić information content (AvgIpc) is 2.72. The minimum atomic E-state index is -0.603. The number of ether oxygens (including phenoxy) is 2. The number of aryl methyl sites for hydroxylation is 1. The molecule has 2 rings (SSSR count). The molecule has 0 saturated carbocycles. The average molecular weight is 427 g/mol. The quantitative estimate of drug-likeness (QED) is 0.655. The largest absolute Gasteiger partial charge is 0.497 e. The van der Waals surface area contributed by atoms with Crippen LogP contribution in [0.2, 0.25) is 0 Å². The number of carbonyl (C=O) groups excluding carboxylic acids is 2. The molecule has 6 heteroatoms. The smallest absolute Gasteiger partial charge is 0.261 e. The summed E-state index contributed by atoms with van der Waals surface area (Å²) in [5.74, 6) is 0.984. The number of methoxy groups -OCH3 is 1. The van der Waals surface area contributed by atoms with Gasteiger partial charge in [0.1, 0.15) is 17.5 Å². The van der Waals surface area contributed by atoms with Crippen LogP contribution in [-0.4, -0.2) is 42.0 Å². The van der Waals surface area contributed by atoms with Crippen molar-refractivity contribution in [3.05, 3.63) is 59.7 Å². The molecule has 168 valence electrons. The Morgan fingerprint density at radius 2 is 1.71 bits per heavy atom. The summed E-state index contributed by atoms with van der Waals surface area (Å²) in [5, 5.41) is 3.00. The molecule has 2 aromatic carbocycles. The number of amides is 2. The maximum absolute atomic E-state index is 13.2. The van der Waals surface area contributed by atoms with Crippen LogP contribution in [-0.2, 0) is 16.1 Å². The van der Waals surface area contributed by atoms with Crippen LogP contribution >= 0.6 is 0 Å². The van der Waals surface area contributed by atoms with E-state index in [0.29, 0.717) is 18.7 Å². The Balaban J connectivity index is 2.24. The van der Waals surface area contributed by atoms with Crippen LogP contribution in [0.15, 0.2) is 48.5 Å². The van der Waals surface area contributed by atoms with Crippen molar-refractivity contribution in [2.45, 2.75) is 59.2 Å². The van der Waals surface area contributed by atoms with E-state index in [1.165, 1.54) is 0 Å². The zero-order valence-corrected chi connectivity index (χ0v) is 19.4. The predicted molar refractivity (Wildman–Crippen MR) is 122 cm³/mol. The second kappa shape index (κ2) is 10.8. The van der Waals surface area contributed by atoms with Gasteiger partial charge < -0.3 is 19.7 Å². The summed E-state index contributed by atoms with van der Waals surface area (Å²) in [5.41, 5.74) is 1.47. The first-order chi connectivity index (χ1) is 14.6. The molecular weight excluding hydrogens is 392 g/mol. The van der Waals surface area contributed by atoms with Crippen LogP contribution in [0.5, 0.6) is 11.5 Å². The van der Waals surface area contributed by atoms with Gasteiger partial charge in [-0.1, -0.05) is 37.3 Å². The van der Waals surface area contributed by atoms with Crippen LogP contribution in [0, 0.1) is 6.92 Å². The number of benzene rings is 2. The molecule has 0 aromatic heterocycles. The fraction of sp³-hybridized carbons (Fsp3) is 0.440. The Hall–Kier alpha value is -3.02. The highest BCUT2D eigenvalue weighted by Crippen LogP contribution is 2.19. The molecule has 0 aliphatic rings. The fourth-order valence-electron chi connectivity index (χ4n) is 3.24. The Morgan fingerprint density at radius 3 is 2.26 bits per heavy atom. The summed E-state index contributed by atoms with van der Waals surface area (Å²) >= 11 is 0. The van der Waals surface area contributed by atoms with Crippen LogP contribution in [0.25, 0.3) is 0 Å². The SMILES string of the molecule is CC[C@@H](C(=O)NC(C)(C)C)N(Cc1ccc(OC)cc1)C(=O)COc1ccccc1C. The molecule has 0 aliphatic heterocycles. The van der Waals surface area contributed by atoms with E-state index < -0.39 is 11.6 Å². The van der Waals surface area contributed by atoms with Gasteiger partial charge >= 0.3 is 0 Å². The van der Waals surface area contributed by atoms with E-state index in [1.807, 2.05) is 83.1 Å². The number of para-hydroxylation sites is 1. The van der Waals surface area contributed by atoms with E-state index in [2.05, 4.69) is 5.32 Å². The minimum absolute atomic E-state index is 0.139. The van der Waals surface area contributed by atoms with Gasteiger partial charge in [0.15, 0.2) is 6.61 Å². The normalized spacial score (nSPS) is 12.1. The topological polar surface area (TPSA) is 67.9 Å². The minimum Gasteiger partial charge on any atom is -0.497 e. The third kappa shape index (κ3) is 7.31. The third-order valence-corrected chi connectivity index (χ3v) is 4.84. The Bertz CT molecular complexity index is 872. The Kier molecular flexibility index (Phi) is 8.48. The number of nitrogens with zero attached hydrogens (tertiary/aromatic N) is 1. The summed E-state index contributed by atoms with van der Waals surface area (Å²) in [7, 11) is 1.61. The maximum atomic E-state index is 13.2. The van der Waals surface area contributed by atoms with Gasteiger partial charge in [0.05, 0.1) is 7.11 Å². The lowest BCUT2D eigenvalue weighted by Gasteiger charge is -2.33. The molecule has 0 saturated heterocycles. The van der Waals surface area contributed by atoms with Crippen LogP contribution in [0.3, 0.4) is 0 Å². The zero-order chi connectivity index (χ0) is 23.0. The molecule has 2 amide bonds. The lowest BCUT2D eigenvalue weighted by molar-refractivity contribution is -0.143. The third-order valence-electron chi connectivity index (χ3n) is 4.84. The van der Waals surface area contributed by atoms with Gasteiger partial charge in [-0.25, -0.2) is 0 Å². The molecule has 1 atom stereocenters. The van der Waals surface area contributed by atoms with Crippen molar-refractivity contribution in [1.29, 1.82) is 0 Å². The maximum Gasteiger partial charge on any atom is 0.261 e. The first kappa shape index (κ1) is 24.3. The highest BCUT2D eigenvalue weighted by atomic mass is 16.5. The molecule has 0 radical (unpaired) electrons. The molecule has 6 nitrogen and oxygen atoms in total. The van der Waals surface area contributed by atoms with Gasteiger partial charge in [-0.15, -0.1) is 0 Å². The molecule has 2 aromatic rings. The summed E-state index contributed by atoms with van der Waals surface area (Å²) in [6.45, 7) is 9.78. The molecule has 0 fully saturated rings. The first-order valence-corrected chi connectivity index (χ1v) is 10.6. The lowest BCUT2D eigenvalue weighted by Crippen LogP contribution is -2.54. The van der Waals surface area contributed by atoms with Crippen molar-refractivity contribution in [2.24, 2.45) is 0 Å². The Morgan fingerprint density at radius 1 is 1.06 bits per heavy atom. The van der Waals surface area contributed by atoms with Crippen molar-refractivity contribution in [3.63, 3.8) is 0 Å². The van der Waals surface area contributed by atoms with Crippen molar-refractivity contribution in [2.75, 3.05) is 13.7 Å². The van der Waals surface area contributed by atoms with E-state index in [1.54, 1.807) is 12.0 Å². The van der Waals surface area contributed by atoms with E-state index in [9.17, 15) is 9.59 Å². The molecule has 0 heterocycles. The highest BCUT2D eigenvalue weighted by Gasteiger charge is 2.31. The van der Waals surface area contributed by atoms with E-state index in [-0.39, 0.29) is 18.4 Å². The molecular formula is C25H34N2O4. The first-order valence-electron chi connectivity index (χ1n) is 10.6. The number of hydrogen-bond acceptors (Lipinski definition) is 4. The number of carbonyl (C=O) groups is 2. The van der Waals surface area contributed by atoms with Gasteiger partial charge in [0.25, 0.3) is 5.91 Å². The summed E-state index contributed by atoms with van der Waals surface area (Å²) < 4.78 is 11.0. The standard InChI is InChI=1S/C25H34N2O4/c1-7-21(24(29)26-25(3,4)5)27(16-19-12-14-20(30-6)15-13-19)23(28)17-31-22-11-9-8-10-18(22)2/h8-15,21H,7,16-17H2,1-6H3,(H,26,29)/t21-/m0/s1. The van der Waals surface area contributed by atoms with E-state index in [0.717, 1.165) is 16.9 Å². The number of hydrogen-bond donors (Lipinski definition) is 1. The number of nitrogens with one attached hydrogen (secondary N) is 1. The monoisotopic (exact) mass is 426 g/mol. The number of rotatable bonds is 9. The van der Waals surface area contributed by atoms with E-state index in [4.69, 9.17) is 9.47 Å². The molecule has 0 unspecified atom stereocenters. The molecule has 0 spiro atoms. The molecule has 1 N–H and O–H groups in total. The van der Waals surface area contributed by atoms with Crippen LogP contribution < -0.4 is 14.8 Å². The van der Waals surface area contributed by atoms with Crippen molar-refractivity contribution >= 4 is 11.8 Å². The summed E-state index contributed by atoms with van der Waals surface area (Å²) in [6.07, 6.45) is 0.494. The predicted octanol–water partition coefficient (Wildman–Crippen LogP) is 4.10. The molecule has 31 heavy (non-hydrogen) atoms. The van der Waals surface area contributed by atoms with Gasteiger partial charge in [-0.05, 0) is 63.4 Å². The van der Waals surface area contributed by atoms with Crippen molar-refractivity contribution < 1.29 is 19.1 Å². The van der Waals surface area contributed by atoms with Crippen molar-refractivity contribution in [3.8, 4) is 11.5 Å². The zero-order valence-electron chi connectivity index (χ0n) is 19.4. The van der Waals surface area contributed by atoms with Gasteiger partial charge in [0.2, 0.25) is 5.91 Å². The van der Waals surface area contributed by atoms with Gasteiger partial charge in [-0.3, -0.25) is 9.59 Å². The van der Waals surface area contributed by atoms with Crippen LogP contribution in [0.1, 0.15) is 45.2 Å². The van der Waals surface area contributed by atoms with Crippen molar-refractivity contribution in [1.82, 2.24) is 10.2 Å². The van der Waals surface area contributed by atoms with E-state index >= 15 is 0 Å². The summed E-state index contributed by atoms with van der Waals surface area (Å²) in [6, 6.07) is 14.4. The summed E-state index contributed by atoms with van der Waals surface area (Å²) in [4.78, 5) is 27.8. The highest BCUT2D eigenvalue weighted by molar-refractivity contribution is 5.88. The molecule has 0 aliphatic carbocycles. The second-order valence-corrected chi connectivity index (χ2v) is 8.59. The van der Waals surface area contributed by atoms with Gasteiger partial charge in [0, 0.05) is 12.1 Å². The van der Waals surface area contributed by atoms with Crippen LogP contribution in [0.4, 0.5) is 0 Å². The lowest BCUT2D eigenvalue weighted by atomic mass is 10.1. The molecule has 0 bridgehead atoms.